The molecule has 5 nitrogen and oxygen atoms in total. The molecular formula is C18H24N4O. The number of nitrogens with zero attached hydrogens (tertiary/aromatic N) is 2. The lowest BCUT2D eigenvalue weighted by atomic mass is 9.82. The molecule has 5 heteroatoms. The van der Waals surface area contributed by atoms with Crippen LogP contribution in [-0.2, 0) is 4.79 Å². The van der Waals surface area contributed by atoms with Crippen LogP contribution in [0.4, 0.5) is 5.69 Å². The number of aromatic nitrogens is 2. The number of amides is 1. The van der Waals surface area contributed by atoms with Crippen LogP contribution in [0.15, 0.2) is 30.3 Å². The van der Waals surface area contributed by atoms with Crippen molar-refractivity contribution in [3.8, 4) is 5.69 Å². The highest BCUT2D eigenvalue weighted by Crippen LogP contribution is 2.27. The van der Waals surface area contributed by atoms with Crippen LogP contribution in [0.25, 0.3) is 5.69 Å². The second-order valence-electron chi connectivity index (χ2n) is 6.56. The molecule has 3 N–H and O–H groups in total. The molecule has 1 aromatic carbocycles. The van der Waals surface area contributed by atoms with Crippen molar-refractivity contribution in [3.05, 3.63) is 41.7 Å². The van der Waals surface area contributed by atoms with E-state index in [1.165, 1.54) is 6.42 Å². The van der Waals surface area contributed by atoms with E-state index in [1.807, 2.05) is 48.9 Å². The van der Waals surface area contributed by atoms with E-state index in [2.05, 4.69) is 10.4 Å². The number of hydrogen-bond donors (Lipinski definition) is 2. The summed E-state index contributed by atoms with van der Waals surface area (Å²) >= 11 is 0. The van der Waals surface area contributed by atoms with Gasteiger partial charge in [0, 0.05) is 11.4 Å². The molecule has 23 heavy (non-hydrogen) atoms. The van der Waals surface area contributed by atoms with Crippen LogP contribution in [0.1, 0.15) is 43.5 Å². The lowest BCUT2D eigenvalue weighted by Crippen LogP contribution is -2.52. The Morgan fingerprint density at radius 3 is 2.61 bits per heavy atom. The number of nitrogens with one attached hydrogen (secondary N) is 1. The summed E-state index contributed by atoms with van der Waals surface area (Å²) in [4.78, 5) is 12.5. The summed E-state index contributed by atoms with van der Waals surface area (Å²) in [6, 6.07) is 9.75. The van der Waals surface area contributed by atoms with Crippen molar-refractivity contribution in [2.24, 2.45) is 5.73 Å². The molecule has 1 aliphatic rings. The molecule has 0 bridgehead atoms. The Morgan fingerprint density at radius 1 is 1.22 bits per heavy atom. The van der Waals surface area contributed by atoms with Gasteiger partial charge < -0.3 is 11.1 Å². The maximum atomic E-state index is 12.5. The molecular weight excluding hydrogens is 288 g/mol. The summed E-state index contributed by atoms with van der Waals surface area (Å²) in [6.07, 6.45) is 4.73. The van der Waals surface area contributed by atoms with Crippen molar-refractivity contribution in [1.82, 2.24) is 9.78 Å². The minimum atomic E-state index is -0.730. The van der Waals surface area contributed by atoms with Crippen molar-refractivity contribution in [1.29, 1.82) is 0 Å². The highest BCUT2D eigenvalue weighted by Gasteiger charge is 2.35. The third-order valence-electron chi connectivity index (χ3n) is 4.56. The van der Waals surface area contributed by atoms with Crippen LogP contribution < -0.4 is 11.1 Å². The molecule has 1 aliphatic carbocycles. The van der Waals surface area contributed by atoms with E-state index in [-0.39, 0.29) is 5.91 Å². The molecule has 0 saturated heterocycles. The number of carbonyl (C=O) groups is 1. The van der Waals surface area contributed by atoms with Crippen LogP contribution in [-0.4, -0.2) is 21.2 Å². The predicted octanol–water partition coefficient (Wildman–Crippen LogP) is 3.09. The SMILES string of the molecule is Cc1cc(C)n(-c2cccc(NC(=O)C3(N)CCCCC3)c2)n1. The Bertz CT molecular complexity index is 714. The second-order valence-corrected chi connectivity index (χ2v) is 6.56. The van der Waals surface area contributed by atoms with E-state index in [4.69, 9.17) is 5.73 Å². The van der Waals surface area contributed by atoms with Crippen LogP contribution in [0.3, 0.4) is 0 Å². The molecule has 1 aromatic heterocycles. The first-order valence-electron chi connectivity index (χ1n) is 8.22. The van der Waals surface area contributed by atoms with Crippen molar-refractivity contribution in [2.75, 3.05) is 5.32 Å². The van der Waals surface area contributed by atoms with Gasteiger partial charge in [0.25, 0.3) is 0 Å². The molecule has 0 spiro atoms. The normalized spacial score (nSPS) is 17.0. The quantitative estimate of drug-likeness (QED) is 0.914. The molecule has 3 rings (SSSR count). The molecule has 0 atom stereocenters. The van der Waals surface area contributed by atoms with Crippen LogP contribution in [0.5, 0.6) is 0 Å². The van der Waals surface area contributed by atoms with Gasteiger partial charge in [-0.25, -0.2) is 4.68 Å². The number of aryl methyl sites for hydroxylation is 2. The summed E-state index contributed by atoms with van der Waals surface area (Å²) in [5, 5.41) is 7.47. The van der Waals surface area contributed by atoms with Gasteiger partial charge in [0.15, 0.2) is 0 Å². The number of rotatable bonds is 3. The van der Waals surface area contributed by atoms with Gasteiger partial charge >= 0.3 is 0 Å². The molecule has 1 fully saturated rings. The Hall–Kier alpha value is -2.14. The van der Waals surface area contributed by atoms with Crippen LogP contribution in [0, 0.1) is 13.8 Å². The lowest BCUT2D eigenvalue weighted by Gasteiger charge is -2.31. The number of nitrogens with two attached hydrogens (primary N) is 1. The number of anilines is 1. The average Bonchev–Trinajstić information content (AvgIpc) is 2.87. The maximum absolute atomic E-state index is 12.5. The largest absolute Gasteiger partial charge is 0.324 e. The van der Waals surface area contributed by atoms with E-state index >= 15 is 0 Å². The Morgan fingerprint density at radius 2 is 1.96 bits per heavy atom. The van der Waals surface area contributed by atoms with E-state index in [0.29, 0.717) is 0 Å². The van der Waals surface area contributed by atoms with E-state index in [9.17, 15) is 4.79 Å². The van der Waals surface area contributed by atoms with Gasteiger partial charge in [0.1, 0.15) is 0 Å². The molecule has 122 valence electrons. The first kappa shape index (κ1) is 15.7. The van der Waals surface area contributed by atoms with Gasteiger partial charge in [0.2, 0.25) is 5.91 Å². The fraction of sp³-hybridized carbons (Fsp3) is 0.444. The Kier molecular flexibility index (Phi) is 4.22. The topological polar surface area (TPSA) is 72.9 Å². The number of hydrogen-bond acceptors (Lipinski definition) is 3. The van der Waals surface area contributed by atoms with Crippen molar-refractivity contribution < 1.29 is 4.79 Å². The second kappa shape index (κ2) is 6.16. The fourth-order valence-corrected chi connectivity index (χ4v) is 3.27. The summed E-state index contributed by atoms with van der Waals surface area (Å²) in [5.74, 6) is -0.0808. The van der Waals surface area contributed by atoms with Crippen LogP contribution >= 0.6 is 0 Å². The zero-order valence-corrected chi connectivity index (χ0v) is 13.8. The summed E-state index contributed by atoms with van der Waals surface area (Å²) < 4.78 is 1.88. The summed E-state index contributed by atoms with van der Waals surface area (Å²) in [7, 11) is 0. The zero-order chi connectivity index (χ0) is 16.4. The Labute approximate surface area is 136 Å². The first-order chi connectivity index (χ1) is 11.0. The molecule has 2 aromatic rings. The number of benzene rings is 1. The third-order valence-corrected chi connectivity index (χ3v) is 4.56. The van der Waals surface area contributed by atoms with Crippen LogP contribution in [0.2, 0.25) is 0 Å². The Balaban J connectivity index is 1.80. The zero-order valence-electron chi connectivity index (χ0n) is 13.8. The maximum Gasteiger partial charge on any atom is 0.244 e. The minimum Gasteiger partial charge on any atom is -0.324 e. The first-order valence-corrected chi connectivity index (χ1v) is 8.22. The molecule has 1 heterocycles. The summed E-state index contributed by atoms with van der Waals surface area (Å²) in [5.41, 5.74) is 9.30. The predicted molar refractivity (Wildman–Crippen MR) is 91.7 cm³/mol. The van der Waals surface area contributed by atoms with E-state index < -0.39 is 5.54 Å². The van der Waals surface area contributed by atoms with Gasteiger partial charge in [0.05, 0.1) is 16.9 Å². The van der Waals surface area contributed by atoms with Crippen molar-refractivity contribution in [2.45, 2.75) is 51.5 Å². The number of carbonyl (C=O) groups excluding carboxylic acids is 1. The molecule has 0 radical (unpaired) electrons. The van der Waals surface area contributed by atoms with Gasteiger partial charge in [-0.2, -0.15) is 5.10 Å². The molecule has 0 unspecified atom stereocenters. The van der Waals surface area contributed by atoms with Gasteiger partial charge in [-0.15, -0.1) is 0 Å². The smallest absolute Gasteiger partial charge is 0.244 e. The fourth-order valence-electron chi connectivity index (χ4n) is 3.27. The molecule has 0 aliphatic heterocycles. The van der Waals surface area contributed by atoms with Gasteiger partial charge in [-0.05, 0) is 51.0 Å². The average molecular weight is 312 g/mol. The standard InChI is InChI=1S/C18H24N4O/c1-13-11-14(2)22(21-13)16-8-6-7-15(12-16)20-17(23)18(19)9-4-3-5-10-18/h6-8,11-12H,3-5,9-10,19H2,1-2H3,(H,20,23). The van der Waals surface area contributed by atoms with Gasteiger partial charge in [-0.3, -0.25) is 4.79 Å². The van der Waals surface area contributed by atoms with E-state index in [0.717, 1.165) is 48.4 Å². The van der Waals surface area contributed by atoms with E-state index in [1.54, 1.807) is 0 Å². The van der Waals surface area contributed by atoms with Crippen molar-refractivity contribution >= 4 is 11.6 Å². The summed E-state index contributed by atoms with van der Waals surface area (Å²) in [6.45, 7) is 3.98. The lowest BCUT2D eigenvalue weighted by molar-refractivity contribution is -0.122. The highest BCUT2D eigenvalue weighted by molar-refractivity contribution is 5.98. The molecule has 1 saturated carbocycles. The third kappa shape index (κ3) is 3.29. The monoisotopic (exact) mass is 312 g/mol. The van der Waals surface area contributed by atoms with Gasteiger partial charge in [-0.1, -0.05) is 25.3 Å². The minimum absolute atomic E-state index is 0.0808. The highest BCUT2D eigenvalue weighted by atomic mass is 16.2. The van der Waals surface area contributed by atoms with Crippen molar-refractivity contribution in [3.63, 3.8) is 0 Å². The molecule has 1 amide bonds.